The van der Waals surface area contributed by atoms with Gasteiger partial charge in [0.25, 0.3) is 0 Å². The van der Waals surface area contributed by atoms with Crippen molar-refractivity contribution >= 4 is 17.2 Å². The standard InChI is InChI=1S/C14H22N2OS/c1-14(2,3)15-9-13(17)16-7-4-5-12(16)11-6-8-18-10-11/h6,8,10,12,15H,4-5,7,9H2,1-3H3. The summed E-state index contributed by atoms with van der Waals surface area (Å²) < 4.78 is 0. The Hall–Kier alpha value is -0.870. The first-order chi connectivity index (χ1) is 8.47. The van der Waals surface area contributed by atoms with Crippen molar-refractivity contribution in [1.29, 1.82) is 0 Å². The van der Waals surface area contributed by atoms with Gasteiger partial charge in [0.2, 0.25) is 5.91 Å². The molecule has 3 nitrogen and oxygen atoms in total. The number of nitrogens with one attached hydrogen (secondary N) is 1. The summed E-state index contributed by atoms with van der Waals surface area (Å²) in [5.74, 6) is 0.221. The van der Waals surface area contributed by atoms with Crippen molar-refractivity contribution in [3.05, 3.63) is 22.4 Å². The Morgan fingerprint density at radius 2 is 2.33 bits per heavy atom. The van der Waals surface area contributed by atoms with Crippen LogP contribution in [-0.4, -0.2) is 29.4 Å². The molecule has 0 aromatic carbocycles. The van der Waals surface area contributed by atoms with Crippen molar-refractivity contribution in [1.82, 2.24) is 10.2 Å². The van der Waals surface area contributed by atoms with Crippen LogP contribution in [0.15, 0.2) is 16.8 Å². The van der Waals surface area contributed by atoms with Crippen LogP contribution in [0.4, 0.5) is 0 Å². The lowest BCUT2D eigenvalue weighted by Crippen LogP contribution is -2.44. The number of rotatable bonds is 3. The molecule has 2 rings (SSSR count). The van der Waals surface area contributed by atoms with Crippen LogP contribution in [-0.2, 0) is 4.79 Å². The maximum atomic E-state index is 12.3. The lowest BCUT2D eigenvalue weighted by Gasteiger charge is -2.27. The Bertz CT molecular complexity index is 394. The van der Waals surface area contributed by atoms with Crippen LogP contribution in [0.3, 0.4) is 0 Å². The second-order valence-corrected chi connectivity index (χ2v) is 6.69. The first-order valence-electron chi connectivity index (χ1n) is 6.54. The summed E-state index contributed by atoms with van der Waals surface area (Å²) in [6.45, 7) is 7.58. The molecule has 1 amide bonds. The summed E-state index contributed by atoms with van der Waals surface area (Å²) in [6.07, 6.45) is 2.21. The van der Waals surface area contributed by atoms with Crippen LogP contribution in [0.2, 0.25) is 0 Å². The summed E-state index contributed by atoms with van der Waals surface area (Å²) in [4.78, 5) is 14.3. The average Bonchev–Trinajstić information content (AvgIpc) is 2.94. The van der Waals surface area contributed by atoms with Gasteiger partial charge < -0.3 is 10.2 Å². The van der Waals surface area contributed by atoms with Gasteiger partial charge in [-0.2, -0.15) is 11.3 Å². The molecule has 1 aliphatic rings. The van der Waals surface area contributed by atoms with E-state index in [9.17, 15) is 4.79 Å². The van der Waals surface area contributed by atoms with E-state index in [1.54, 1.807) is 11.3 Å². The van der Waals surface area contributed by atoms with E-state index in [2.05, 4.69) is 42.9 Å². The third-order valence-electron chi connectivity index (χ3n) is 3.27. The van der Waals surface area contributed by atoms with Crippen molar-refractivity contribution in [2.24, 2.45) is 0 Å². The predicted octanol–water partition coefficient (Wildman–Crippen LogP) is 2.80. The van der Waals surface area contributed by atoms with Gasteiger partial charge in [-0.25, -0.2) is 0 Å². The van der Waals surface area contributed by atoms with Crippen LogP contribution in [0.5, 0.6) is 0 Å². The van der Waals surface area contributed by atoms with Gasteiger partial charge in [0.1, 0.15) is 0 Å². The molecule has 18 heavy (non-hydrogen) atoms. The predicted molar refractivity (Wildman–Crippen MR) is 75.8 cm³/mol. The van der Waals surface area contributed by atoms with E-state index in [1.165, 1.54) is 5.56 Å². The molecule has 2 heterocycles. The zero-order valence-corrected chi connectivity index (χ0v) is 12.2. The Morgan fingerprint density at radius 3 is 2.94 bits per heavy atom. The minimum Gasteiger partial charge on any atom is -0.335 e. The largest absolute Gasteiger partial charge is 0.335 e. The molecule has 1 aromatic rings. The molecule has 1 unspecified atom stereocenters. The van der Waals surface area contributed by atoms with Gasteiger partial charge in [-0.05, 0) is 56.0 Å². The fourth-order valence-corrected chi connectivity index (χ4v) is 3.03. The summed E-state index contributed by atoms with van der Waals surface area (Å²) in [7, 11) is 0. The smallest absolute Gasteiger partial charge is 0.237 e. The van der Waals surface area contributed by atoms with Crippen molar-refractivity contribution in [3.8, 4) is 0 Å². The zero-order valence-electron chi connectivity index (χ0n) is 11.4. The van der Waals surface area contributed by atoms with Crippen molar-refractivity contribution in [2.45, 2.75) is 45.2 Å². The molecule has 4 heteroatoms. The van der Waals surface area contributed by atoms with Gasteiger partial charge in [-0.1, -0.05) is 0 Å². The topological polar surface area (TPSA) is 32.3 Å². The minimum absolute atomic E-state index is 0.00668. The normalized spacial score (nSPS) is 20.4. The molecule has 0 bridgehead atoms. The van der Waals surface area contributed by atoms with E-state index >= 15 is 0 Å². The van der Waals surface area contributed by atoms with E-state index in [-0.39, 0.29) is 11.4 Å². The summed E-state index contributed by atoms with van der Waals surface area (Å²) in [6, 6.07) is 2.43. The van der Waals surface area contributed by atoms with Gasteiger partial charge in [0, 0.05) is 12.1 Å². The molecule has 0 spiro atoms. The molecular weight excluding hydrogens is 244 g/mol. The van der Waals surface area contributed by atoms with Gasteiger partial charge >= 0.3 is 0 Å². The molecule has 1 aromatic heterocycles. The Balaban J connectivity index is 1.97. The number of nitrogens with zero attached hydrogens (tertiary/aromatic N) is 1. The lowest BCUT2D eigenvalue weighted by atomic mass is 10.1. The van der Waals surface area contributed by atoms with E-state index in [0.717, 1.165) is 19.4 Å². The zero-order chi connectivity index (χ0) is 13.2. The number of hydrogen-bond donors (Lipinski definition) is 1. The van der Waals surface area contributed by atoms with Gasteiger partial charge in [-0.3, -0.25) is 4.79 Å². The highest BCUT2D eigenvalue weighted by Gasteiger charge is 2.30. The van der Waals surface area contributed by atoms with E-state index in [1.807, 2.05) is 4.90 Å². The van der Waals surface area contributed by atoms with Crippen LogP contribution in [0, 0.1) is 0 Å². The van der Waals surface area contributed by atoms with Gasteiger partial charge in [-0.15, -0.1) is 0 Å². The van der Waals surface area contributed by atoms with Crippen molar-refractivity contribution in [3.63, 3.8) is 0 Å². The molecule has 1 atom stereocenters. The summed E-state index contributed by atoms with van der Waals surface area (Å²) >= 11 is 1.70. The Labute approximate surface area is 113 Å². The number of hydrogen-bond acceptors (Lipinski definition) is 3. The first kappa shape index (κ1) is 13.6. The number of amides is 1. The number of carbonyl (C=O) groups is 1. The van der Waals surface area contributed by atoms with Crippen LogP contribution >= 0.6 is 11.3 Å². The average molecular weight is 266 g/mol. The number of carbonyl (C=O) groups excluding carboxylic acids is 1. The SMILES string of the molecule is CC(C)(C)NCC(=O)N1CCCC1c1ccsc1. The molecule has 100 valence electrons. The summed E-state index contributed by atoms with van der Waals surface area (Å²) in [5.41, 5.74) is 1.29. The molecule has 1 fully saturated rings. The second-order valence-electron chi connectivity index (χ2n) is 5.91. The molecular formula is C14H22N2OS. The van der Waals surface area contributed by atoms with E-state index in [4.69, 9.17) is 0 Å². The number of thiophene rings is 1. The van der Waals surface area contributed by atoms with Crippen molar-refractivity contribution < 1.29 is 4.79 Å². The minimum atomic E-state index is -0.00668. The third kappa shape index (κ3) is 3.33. The molecule has 1 aliphatic heterocycles. The maximum Gasteiger partial charge on any atom is 0.237 e. The number of likely N-dealkylation sites (tertiary alicyclic amines) is 1. The molecule has 1 saturated heterocycles. The molecule has 0 radical (unpaired) electrons. The van der Waals surface area contributed by atoms with E-state index < -0.39 is 0 Å². The first-order valence-corrected chi connectivity index (χ1v) is 7.48. The molecule has 0 aliphatic carbocycles. The summed E-state index contributed by atoms with van der Waals surface area (Å²) in [5, 5.41) is 7.52. The highest BCUT2D eigenvalue weighted by Crippen LogP contribution is 2.32. The lowest BCUT2D eigenvalue weighted by molar-refractivity contribution is -0.131. The molecule has 1 N–H and O–H groups in total. The quantitative estimate of drug-likeness (QED) is 0.912. The van der Waals surface area contributed by atoms with Crippen molar-refractivity contribution in [2.75, 3.05) is 13.1 Å². The maximum absolute atomic E-state index is 12.3. The Morgan fingerprint density at radius 1 is 1.56 bits per heavy atom. The highest BCUT2D eigenvalue weighted by molar-refractivity contribution is 7.07. The Kier molecular flexibility index (Phi) is 4.07. The third-order valence-corrected chi connectivity index (χ3v) is 3.97. The highest BCUT2D eigenvalue weighted by atomic mass is 32.1. The fraction of sp³-hybridized carbons (Fsp3) is 0.643. The van der Waals surface area contributed by atoms with Gasteiger partial charge in [0.15, 0.2) is 0 Å². The van der Waals surface area contributed by atoms with Gasteiger partial charge in [0.05, 0.1) is 12.6 Å². The monoisotopic (exact) mass is 266 g/mol. The second kappa shape index (κ2) is 5.41. The molecule has 0 saturated carbocycles. The van der Waals surface area contributed by atoms with Crippen LogP contribution in [0.1, 0.15) is 45.2 Å². The van der Waals surface area contributed by atoms with Crippen LogP contribution in [0.25, 0.3) is 0 Å². The fourth-order valence-electron chi connectivity index (χ4n) is 2.32. The van der Waals surface area contributed by atoms with E-state index in [0.29, 0.717) is 12.6 Å². The van der Waals surface area contributed by atoms with Crippen LogP contribution < -0.4 is 5.32 Å².